The molecule has 1 unspecified atom stereocenters. The lowest BCUT2D eigenvalue weighted by atomic mass is 9.94. The van der Waals surface area contributed by atoms with Gasteiger partial charge in [0.25, 0.3) is 0 Å². The normalized spacial score (nSPS) is 12.6. The smallest absolute Gasteiger partial charge is 0.101 e. The highest BCUT2D eigenvalue weighted by Crippen LogP contribution is 2.26. The van der Waals surface area contributed by atoms with Crippen LogP contribution in [0.2, 0.25) is 0 Å². The van der Waals surface area contributed by atoms with E-state index >= 15 is 0 Å². The Morgan fingerprint density at radius 1 is 1.05 bits per heavy atom. The summed E-state index contributed by atoms with van der Waals surface area (Å²) in [7, 11) is 1.99. The van der Waals surface area contributed by atoms with Gasteiger partial charge >= 0.3 is 0 Å². The summed E-state index contributed by atoms with van der Waals surface area (Å²) in [6, 6.07) is 9.10. The van der Waals surface area contributed by atoms with Gasteiger partial charge in [0.1, 0.15) is 5.76 Å². The summed E-state index contributed by atoms with van der Waals surface area (Å²) in [5, 5.41) is 3.38. The van der Waals surface area contributed by atoms with Gasteiger partial charge in [-0.25, -0.2) is 0 Å². The predicted octanol–water partition coefficient (Wildman–Crippen LogP) is 4.02. The predicted molar refractivity (Wildman–Crippen MR) is 79.5 cm³/mol. The summed E-state index contributed by atoms with van der Waals surface area (Å²) in [4.78, 5) is 0. The van der Waals surface area contributed by atoms with Gasteiger partial charge in [-0.3, -0.25) is 0 Å². The maximum absolute atomic E-state index is 5.43. The Morgan fingerprint density at radius 3 is 2.32 bits per heavy atom. The summed E-state index contributed by atoms with van der Waals surface area (Å²) < 4.78 is 5.43. The average Bonchev–Trinajstić information content (AvgIpc) is 2.86. The standard InChI is InChI=1S/C17H23NO/c1-5-13-7-8-15(10-14(13)6-2)17(18-4)16-9-12(3)19-11-16/h7-11,17-18H,5-6H2,1-4H3. The minimum atomic E-state index is 0.202. The van der Waals surface area contributed by atoms with Gasteiger partial charge in [0.15, 0.2) is 0 Å². The molecule has 2 rings (SSSR count). The average molecular weight is 257 g/mol. The van der Waals surface area contributed by atoms with Crippen molar-refractivity contribution in [3.8, 4) is 0 Å². The Bertz CT molecular complexity index is 542. The van der Waals surface area contributed by atoms with Crippen LogP contribution in [0, 0.1) is 6.92 Å². The van der Waals surface area contributed by atoms with Gasteiger partial charge < -0.3 is 9.73 Å². The molecule has 2 heteroatoms. The Labute approximate surface area is 115 Å². The van der Waals surface area contributed by atoms with Gasteiger partial charge in [0.2, 0.25) is 0 Å². The summed E-state index contributed by atoms with van der Waals surface area (Å²) in [5.74, 6) is 0.955. The van der Waals surface area contributed by atoms with Gasteiger partial charge in [-0.2, -0.15) is 0 Å². The Hall–Kier alpha value is -1.54. The highest BCUT2D eigenvalue weighted by atomic mass is 16.3. The van der Waals surface area contributed by atoms with Crippen molar-refractivity contribution in [3.63, 3.8) is 0 Å². The largest absolute Gasteiger partial charge is 0.469 e. The molecule has 19 heavy (non-hydrogen) atoms. The summed E-state index contributed by atoms with van der Waals surface area (Å²) in [6.07, 6.45) is 4.02. The quantitative estimate of drug-likeness (QED) is 0.875. The van der Waals surface area contributed by atoms with E-state index in [1.165, 1.54) is 22.3 Å². The minimum Gasteiger partial charge on any atom is -0.469 e. The van der Waals surface area contributed by atoms with E-state index < -0.39 is 0 Å². The van der Waals surface area contributed by atoms with Crippen LogP contribution in [0.1, 0.15) is 47.9 Å². The van der Waals surface area contributed by atoms with Gasteiger partial charge in [0, 0.05) is 5.56 Å². The molecule has 0 saturated carbocycles. The van der Waals surface area contributed by atoms with E-state index in [2.05, 4.69) is 43.4 Å². The number of rotatable bonds is 5. The molecular weight excluding hydrogens is 234 g/mol. The van der Waals surface area contributed by atoms with Crippen LogP contribution in [0.3, 0.4) is 0 Å². The molecule has 102 valence electrons. The van der Waals surface area contributed by atoms with Crippen molar-refractivity contribution >= 4 is 0 Å². The molecule has 1 aromatic heterocycles. The van der Waals surface area contributed by atoms with E-state index in [-0.39, 0.29) is 6.04 Å². The third-order valence-corrected chi connectivity index (χ3v) is 3.70. The van der Waals surface area contributed by atoms with Crippen LogP contribution >= 0.6 is 0 Å². The molecule has 0 aliphatic heterocycles. The molecule has 1 N–H and O–H groups in total. The fourth-order valence-corrected chi connectivity index (χ4v) is 2.64. The second kappa shape index (κ2) is 6.07. The molecule has 1 aromatic carbocycles. The van der Waals surface area contributed by atoms with Crippen LogP contribution in [0.4, 0.5) is 0 Å². The van der Waals surface area contributed by atoms with Crippen molar-refractivity contribution in [1.82, 2.24) is 5.32 Å². The summed E-state index contributed by atoms with van der Waals surface area (Å²) >= 11 is 0. The zero-order chi connectivity index (χ0) is 13.8. The fraction of sp³-hybridized carbons (Fsp3) is 0.412. The first-order valence-electron chi connectivity index (χ1n) is 7.03. The Kier molecular flexibility index (Phi) is 4.43. The highest BCUT2D eigenvalue weighted by molar-refractivity contribution is 5.38. The third-order valence-electron chi connectivity index (χ3n) is 3.70. The van der Waals surface area contributed by atoms with Crippen molar-refractivity contribution in [2.75, 3.05) is 7.05 Å². The molecule has 0 fully saturated rings. The molecule has 1 heterocycles. The number of hydrogen-bond donors (Lipinski definition) is 1. The number of benzene rings is 1. The van der Waals surface area contributed by atoms with Crippen LogP contribution in [0.15, 0.2) is 34.9 Å². The topological polar surface area (TPSA) is 25.2 Å². The molecule has 0 aliphatic rings. The lowest BCUT2D eigenvalue weighted by molar-refractivity contribution is 0.528. The minimum absolute atomic E-state index is 0.202. The van der Waals surface area contributed by atoms with E-state index in [0.29, 0.717) is 0 Å². The molecule has 2 nitrogen and oxygen atoms in total. The van der Waals surface area contributed by atoms with Gasteiger partial charge in [0.05, 0.1) is 12.3 Å². The van der Waals surface area contributed by atoms with Crippen molar-refractivity contribution in [2.45, 2.75) is 39.7 Å². The van der Waals surface area contributed by atoms with Crippen LogP contribution in [0.5, 0.6) is 0 Å². The van der Waals surface area contributed by atoms with E-state index in [4.69, 9.17) is 4.42 Å². The number of furan rings is 1. The van der Waals surface area contributed by atoms with Gasteiger partial charge in [-0.05, 0) is 49.6 Å². The highest BCUT2D eigenvalue weighted by Gasteiger charge is 2.15. The zero-order valence-corrected chi connectivity index (χ0v) is 12.3. The second-order valence-electron chi connectivity index (χ2n) is 4.95. The van der Waals surface area contributed by atoms with Crippen molar-refractivity contribution in [2.24, 2.45) is 0 Å². The monoisotopic (exact) mass is 257 g/mol. The van der Waals surface area contributed by atoms with E-state index in [1.54, 1.807) is 0 Å². The van der Waals surface area contributed by atoms with Crippen LogP contribution in [-0.2, 0) is 12.8 Å². The third kappa shape index (κ3) is 2.90. The second-order valence-corrected chi connectivity index (χ2v) is 4.95. The maximum Gasteiger partial charge on any atom is 0.101 e. The first-order chi connectivity index (χ1) is 9.19. The van der Waals surface area contributed by atoms with E-state index in [1.807, 2.05) is 20.2 Å². The fourth-order valence-electron chi connectivity index (χ4n) is 2.64. The first-order valence-corrected chi connectivity index (χ1v) is 7.03. The maximum atomic E-state index is 5.43. The van der Waals surface area contributed by atoms with Crippen molar-refractivity contribution in [1.29, 1.82) is 0 Å². The summed E-state index contributed by atoms with van der Waals surface area (Å²) in [6.45, 7) is 6.41. The SMILES string of the molecule is CCc1ccc(C(NC)c2coc(C)c2)cc1CC. The number of aryl methyl sites for hydroxylation is 3. The lowest BCUT2D eigenvalue weighted by Crippen LogP contribution is -2.17. The van der Waals surface area contributed by atoms with Gasteiger partial charge in [-0.1, -0.05) is 32.0 Å². The number of nitrogens with one attached hydrogen (secondary N) is 1. The molecule has 0 saturated heterocycles. The zero-order valence-electron chi connectivity index (χ0n) is 12.3. The molecule has 1 atom stereocenters. The van der Waals surface area contributed by atoms with Crippen LogP contribution < -0.4 is 5.32 Å². The lowest BCUT2D eigenvalue weighted by Gasteiger charge is -2.17. The van der Waals surface area contributed by atoms with Crippen LogP contribution in [0.25, 0.3) is 0 Å². The van der Waals surface area contributed by atoms with E-state index in [0.717, 1.165) is 18.6 Å². The number of hydrogen-bond acceptors (Lipinski definition) is 2. The molecule has 0 bridgehead atoms. The van der Waals surface area contributed by atoms with Crippen molar-refractivity contribution in [3.05, 3.63) is 58.5 Å². The molecule has 0 amide bonds. The van der Waals surface area contributed by atoms with E-state index in [9.17, 15) is 0 Å². The molecule has 2 aromatic rings. The summed E-state index contributed by atoms with van der Waals surface area (Å²) in [5.41, 5.74) is 5.38. The molecule has 0 radical (unpaired) electrons. The Balaban J connectivity index is 2.38. The van der Waals surface area contributed by atoms with Gasteiger partial charge in [-0.15, -0.1) is 0 Å². The Morgan fingerprint density at radius 2 is 1.79 bits per heavy atom. The van der Waals surface area contributed by atoms with Crippen molar-refractivity contribution < 1.29 is 4.42 Å². The molecule has 0 aliphatic carbocycles. The molecular formula is C17H23NO. The first kappa shape index (κ1) is 13.9. The molecule has 0 spiro atoms. The van der Waals surface area contributed by atoms with Crippen LogP contribution in [-0.4, -0.2) is 7.05 Å².